The van der Waals surface area contributed by atoms with Gasteiger partial charge in [0.05, 0.1) is 0 Å². The fourth-order valence-corrected chi connectivity index (χ4v) is 1.22. The van der Waals surface area contributed by atoms with Crippen LogP contribution < -0.4 is 5.32 Å². The second kappa shape index (κ2) is 7.15. The van der Waals surface area contributed by atoms with E-state index in [0.717, 1.165) is 19.4 Å². The normalized spacial score (nSPS) is 12.9. The van der Waals surface area contributed by atoms with Crippen molar-refractivity contribution in [3.8, 4) is 12.3 Å². The first kappa shape index (κ1) is 11.5. The summed E-state index contributed by atoms with van der Waals surface area (Å²) in [6, 6.07) is 0.577. The molecule has 0 spiro atoms. The van der Waals surface area contributed by atoms with Gasteiger partial charge < -0.3 is 10.2 Å². The Labute approximate surface area is 76.3 Å². The molecule has 0 amide bonds. The number of rotatable bonds is 6. The van der Waals surface area contributed by atoms with Crippen molar-refractivity contribution in [3.63, 3.8) is 0 Å². The van der Waals surface area contributed by atoms with Crippen LogP contribution in [0.1, 0.15) is 19.3 Å². The number of nitrogens with one attached hydrogen (secondary N) is 1. The average molecular weight is 168 g/mol. The van der Waals surface area contributed by atoms with Gasteiger partial charge in [0, 0.05) is 19.0 Å². The lowest BCUT2D eigenvalue weighted by Crippen LogP contribution is -2.35. The summed E-state index contributed by atoms with van der Waals surface area (Å²) < 4.78 is 0. The van der Waals surface area contributed by atoms with Gasteiger partial charge in [-0.2, -0.15) is 0 Å². The first-order valence-corrected chi connectivity index (χ1v) is 4.46. The summed E-state index contributed by atoms with van der Waals surface area (Å²) >= 11 is 0. The third-order valence-electron chi connectivity index (χ3n) is 1.87. The quantitative estimate of drug-likeness (QED) is 0.469. The van der Waals surface area contributed by atoms with Crippen LogP contribution in [-0.4, -0.2) is 38.6 Å². The van der Waals surface area contributed by atoms with E-state index in [-0.39, 0.29) is 0 Å². The van der Waals surface area contributed by atoms with Gasteiger partial charge in [0.25, 0.3) is 0 Å². The summed E-state index contributed by atoms with van der Waals surface area (Å²) in [5.41, 5.74) is 0. The van der Waals surface area contributed by atoms with Gasteiger partial charge in [-0.15, -0.1) is 12.3 Å². The maximum absolute atomic E-state index is 5.18. The molecule has 0 bridgehead atoms. The molecule has 1 unspecified atom stereocenters. The van der Waals surface area contributed by atoms with Crippen molar-refractivity contribution < 1.29 is 0 Å². The largest absolute Gasteiger partial charge is 0.316 e. The Bertz CT molecular complexity index is 135. The maximum atomic E-state index is 5.18. The Morgan fingerprint density at radius 1 is 1.50 bits per heavy atom. The molecule has 0 aliphatic carbocycles. The molecule has 2 nitrogen and oxygen atoms in total. The first-order chi connectivity index (χ1) is 5.70. The van der Waals surface area contributed by atoms with E-state index in [4.69, 9.17) is 6.42 Å². The van der Waals surface area contributed by atoms with E-state index >= 15 is 0 Å². The topological polar surface area (TPSA) is 15.3 Å². The van der Waals surface area contributed by atoms with E-state index in [9.17, 15) is 0 Å². The lowest BCUT2D eigenvalue weighted by atomic mass is 10.1. The van der Waals surface area contributed by atoms with Crippen LogP contribution in [-0.2, 0) is 0 Å². The minimum Gasteiger partial charge on any atom is -0.316 e. The number of hydrogen-bond acceptors (Lipinski definition) is 2. The van der Waals surface area contributed by atoms with Crippen molar-refractivity contribution in [2.45, 2.75) is 25.3 Å². The van der Waals surface area contributed by atoms with Crippen LogP contribution in [0.3, 0.4) is 0 Å². The van der Waals surface area contributed by atoms with Crippen molar-refractivity contribution in [3.05, 3.63) is 0 Å². The van der Waals surface area contributed by atoms with Crippen LogP contribution in [0, 0.1) is 12.3 Å². The third-order valence-corrected chi connectivity index (χ3v) is 1.87. The lowest BCUT2D eigenvalue weighted by molar-refractivity contribution is 0.334. The molecule has 2 heteroatoms. The standard InChI is InChI=1S/C10H20N2/c1-5-6-7-8-10(11-2)9-12(3)4/h1,10-11H,6-9H2,2-4H3. The zero-order valence-corrected chi connectivity index (χ0v) is 8.43. The molecule has 1 N–H and O–H groups in total. The van der Waals surface area contributed by atoms with Crippen LogP contribution in [0.4, 0.5) is 0 Å². The van der Waals surface area contributed by atoms with Gasteiger partial charge in [-0.1, -0.05) is 0 Å². The van der Waals surface area contributed by atoms with Gasteiger partial charge in [-0.3, -0.25) is 0 Å². The minimum atomic E-state index is 0.577. The van der Waals surface area contributed by atoms with Crippen LogP contribution in [0.5, 0.6) is 0 Å². The highest BCUT2D eigenvalue weighted by atomic mass is 15.1. The molecular weight excluding hydrogens is 148 g/mol. The Morgan fingerprint density at radius 2 is 2.17 bits per heavy atom. The highest BCUT2D eigenvalue weighted by Crippen LogP contribution is 2.00. The summed E-state index contributed by atoms with van der Waals surface area (Å²) in [5, 5.41) is 3.28. The molecule has 1 atom stereocenters. The number of terminal acetylenes is 1. The fourth-order valence-electron chi connectivity index (χ4n) is 1.22. The Balaban J connectivity index is 3.47. The van der Waals surface area contributed by atoms with Gasteiger partial charge in [0.15, 0.2) is 0 Å². The lowest BCUT2D eigenvalue weighted by Gasteiger charge is -2.19. The number of hydrogen-bond donors (Lipinski definition) is 1. The molecular formula is C10H20N2. The zero-order chi connectivity index (χ0) is 9.40. The Hall–Kier alpha value is -0.520. The maximum Gasteiger partial charge on any atom is 0.0192 e. The smallest absolute Gasteiger partial charge is 0.0192 e. The molecule has 12 heavy (non-hydrogen) atoms. The minimum absolute atomic E-state index is 0.577. The molecule has 0 fully saturated rings. The van der Waals surface area contributed by atoms with Gasteiger partial charge in [-0.05, 0) is 34.0 Å². The molecule has 0 saturated carbocycles. The van der Waals surface area contributed by atoms with Crippen molar-refractivity contribution in [1.29, 1.82) is 0 Å². The third kappa shape index (κ3) is 6.21. The van der Waals surface area contributed by atoms with E-state index in [0.29, 0.717) is 6.04 Å². The molecule has 0 saturated heterocycles. The summed E-state index contributed by atoms with van der Waals surface area (Å²) in [6.45, 7) is 1.08. The van der Waals surface area contributed by atoms with Crippen molar-refractivity contribution in [2.75, 3.05) is 27.7 Å². The molecule has 0 aliphatic heterocycles. The average Bonchev–Trinajstić information content (AvgIpc) is 2.02. The van der Waals surface area contributed by atoms with E-state index in [2.05, 4.69) is 30.2 Å². The molecule has 0 aromatic heterocycles. The van der Waals surface area contributed by atoms with E-state index < -0.39 is 0 Å². The highest BCUT2D eigenvalue weighted by molar-refractivity contribution is 4.84. The number of likely N-dealkylation sites (N-methyl/N-ethyl adjacent to an activating group) is 2. The van der Waals surface area contributed by atoms with Crippen LogP contribution in [0.25, 0.3) is 0 Å². The second-order valence-corrected chi connectivity index (χ2v) is 3.34. The molecule has 0 aromatic carbocycles. The molecule has 0 heterocycles. The molecule has 0 aromatic rings. The van der Waals surface area contributed by atoms with Crippen LogP contribution >= 0.6 is 0 Å². The van der Waals surface area contributed by atoms with Crippen molar-refractivity contribution in [2.24, 2.45) is 0 Å². The number of nitrogens with zero attached hydrogens (tertiary/aromatic N) is 1. The van der Waals surface area contributed by atoms with Crippen molar-refractivity contribution in [1.82, 2.24) is 10.2 Å². The fraction of sp³-hybridized carbons (Fsp3) is 0.800. The molecule has 0 rings (SSSR count). The van der Waals surface area contributed by atoms with Crippen LogP contribution in [0.2, 0.25) is 0 Å². The number of unbranched alkanes of at least 4 members (excludes halogenated alkanes) is 1. The predicted molar refractivity (Wildman–Crippen MR) is 54.1 cm³/mol. The molecule has 70 valence electrons. The Kier molecular flexibility index (Phi) is 6.84. The summed E-state index contributed by atoms with van der Waals surface area (Å²) in [4.78, 5) is 2.19. The monoisotopic (exact) mass is 168 g/mol. The van der Waals surface area contributed by atoms with E-state index in [1.54, 1.807) is 0 Å². The Morgan fingerprint density at radius 3 is 2.58 bits per heavy atom. The second-order valence-electron chi connectivity index (χ2n) is 3.34. The first-order valence-electron chi connectivity index (χ1n) is 4.46. The zero-order valence-electron chi connectivity index (χ0n) is 8.43. The van der Waals surface area contributed by atoms with Crippen LogP contribution in [0.15, 0.2) is 0 Å². The summed E-state index contributed by atoms with van der Waals surface area (Å²) in [7, 11) is 6.18. The highest BCUT2D eigenvalue weighted by Gasteiger charge is 2.05. The SMILES string of the molecule is C#CCCCC(CN(C)C)NC. The van der Waals surface area contributed by atoms with Gasteiger partial charge in [-0.25, -0.2) is 0 Å². The van der Waals surface area contributed by atoms with Crippen molar-refractivity contribution >= 4 is 0 Å². The van der Waals surface area contributed by atoms with E-state index in [1.165, 1.54) is 6.42 Å². The summed E-state index contributed by atoms with van der Waals surface area (Å²) in [5.74, 6) is 2.66. The van der Waals surface area contributed by atoms with Gasteiger partial charge >= 0.3 is 0 Å². The molecule has 0 radical (unpaired) electrons. The predicted octanol–water partition coefficient (Wildman–Crippen LogP) is 0.940. The molecule has 0 aliphatic rings. The summed E-state index contributed by atoms with van der Waals surface area (Å²) in [6.07, 6.45) is 8.36. The van der Waals surface area contributed by atoms with E-state index in [1.807, 2.05) is 7.05 Å². The van der Waals surface area contributed by atoms with Gasteiger partial charge in [0.1, 0.15) is 0 Å². The van der Waals surface area contributed by atoms with Gasteiger partial charge in [0.2, 0.25) is 0 Å².